The molecule has 0 saturated carbocycles. The van der Waals surface area contributed by atoms with Crippen molar-refractivity contribution in [3.8, 4) is 0 Å². The molecule has 0 unspecified atom stereocenters. The first-order valence-electron chi connectivity index (χ1n) is 5.14. The maximum Gasteiger partial charge on any atom is -0.0398 e. The Bertz CT molecular complexity index is 160. The minimum absolute atomic E-state index is 0.833. The fraction of sp³-hybridized carbons (Fsp3) is 0.538. The molecule has 0 radical (unpaired) electrons. The molecule has 0 aromatic heterocycles. The second-order valence-corrected chi connectivity index (χ2v) is 3.39. The Morgan fingerprint density at radius 3 is 1.31 bits per heavy atom. The average molecular weight is 180 g/mol. The largest absolute Gasteiger partial charge is 0.0683 e. The number of aryl methyl sites for hydroxylation is 1. The van der Waals surface area contributed by atoms with E-state index in [-0.39, 0.29) is 0 Å². The first kappa shape index (κ1) is 14.7. The van der Waals surface area contributed by atoms with Crippen molar-refractivity contribution in [2.75, 3.05) is 0 Å². The highest BCUT2D eigenvalue weighted by atomic mass is 13.8. The van der Waals surface area contributed by atoms with Gasteiger partial charge in [0, 0.05) is 0 Å². The van der Waals surface area contributed by atoms with Gasteiger partial charge in [-0.05, 0) is 12.8 Å². The topological polar surface area (TPSA) is 0 Å². The number of hydrogen-bond donors (Lipinski definition) is 0. The van der Waals surface area contributed by atoms with Crippen LogP contribution in [0, 0.1) is 12.8 Å². The molecule has 13 heavy (non-hydrogen) atoms. The molecule has 1 aromatic rings. The Morgan fingerprint density at radius 2 is 1.15 bits per heavy atom. The van der Waals surface area contributed by atoms with Gasteiger partial charge in [-0.2, -0.15) is 0 Å². The zero-order chi connectivity index (χ0) is 10.7. The molecule has 0 N–H and O–H groups in total. The van der Waals surface area contributed by atoms with E-state index in [9.17, 15) is 0 Å². The smallest absolute Gasteiger partial charge is 0.0398 e. The summed E-state index contributed by atoms with van der Waals surface area (Å²) >= 11 is 0. The fourth-order valence-electron chi connectivity index (χ4n) is 0.534. The molecule has 1 aromatic carbocycles. The minimum atomic E-state index is 0.833. The van der Waals surface area contributed by atoms with Gasteiger partial charge in [-0.3, -0.25) is 0 Å². The van der Waals surface area contributed by atoms with Gasteiger partial charge in [0.25, 0.3) is 0 Å². The molecule has 0 heterocycles. The van der Waals surface area contributed by atoms with Crippen LogP contribution >= 0.6 is 0 Å². The van der Waals surface area contributed by atoms with Crippen LogP contribution in [0.1, 0.15) is 40.2 Å². The summed E-state index contributed by atoms with van der Waals surface area (Å²) in [4.78, 5) is 0. The van der Waals surface area contributed by atoms with E-state index in [2.05, 4.69) is 39.8 Å². The van der Waals surface area contributed by atoms with Crippen LogP contribution in [0.15, 0.2) is 30.3 Å². The Hall–Kier alpha value is -0.780. The molecule has 0 spiro atoms. The van der Waals surface area contributed by atoms with Gasteiger partial charge in [-0.25, -0.2) is 0 Å². The van der Waals surface area contributed by atoms with Gasteiger partial charge >= 0.3 is 0 Å². The lowest BCUT2D eigenvalue weighted by Crippen LogP contribution is -1.66. The van der Waals surface area contributed by atoms with E-state index < -0.39 is 0 Å². The van der Waals surface area contributed by atoms with Gasteiger partial charge in [0.2, 0.25) is 0 Å². The molecular formula is C13H24. The van der Waals surface area contributed by atoms with Gasteiger partial charge < -0.3 is 0 Å². The monoisotopic (exact) mass is 180 g/mol. The van der Waals surface area contributed by atoms with Crippen LogP contribution in [0.4, 0.5) is 0 Å². The summed E-state index contributed by atoms with van der Waals surface area (Å²) in [6, 6.07) is 10.3. The van der Waals surface area contributed by atoms with Gasteiger partial charge in [-0.1, -0.05) is 70.5 Å². The summed E-state index contributed by atoms with van der Waals surface area (Å²) in [5.74, 6) is 0.833. The summed E-state index contributed by atoms with van der Waals surface area (Å²) in [6.45, 7) is 12.6. The molecule has 0 atom stereocenters. The molecule has 0 aliphatic rings. The molecule has 76 valence electrons. The summed E-state index contributed by atoms with van der Waals surface area (Å²) in [5, 5.41) is 0. The van der Waals surface area contributed by atoms with E-state index in [1.807, 2.05) is 32.0 Å². The van der Waals surface area contributed by atoms with Crippen molar-refractivity contribution in [3.05, 3.63) is 35.9 Å². The van der Waals surface area contributed by atoms with Gasteiger partial charge in [0.15, 0.2) is 0 Å². The van der Waals surface area contributed by atoms with Crippen LogP contribution in [0.3, 0.4) is 0 Å². The van der Waals surface area contributed by atoms with Gasteiger partial charge in [0.1, 0.15) is 0 Å². The minimum Gasteiger partial charge on any atom is -0.0683 e. The summed E-state index contributed by atoms with van der Waals surface area (Å²) < 4.78 is 0. The van der Waals surface area contributed by atoms with Crippen molar-refractivity contribution in [2.24, 2.45) is 5.92 Å². The van der Waals surface area contributed by atoms with Crippen LogP contribution in [0.2, 0.25) is 0 Å². The van der Waals surface area contributed by atoms with Crippen LogP contribution in [0.25, 0.3) is 0 Å². The predicted molar refractivity (Wildman–Crippen MR) is 63.0 cm³/mol. The van der Waals surface area contributed by atoms with Crippen LogP contribution in [-0.2, 0) is 0 Å². The van der Waals surface area contributed by atoms with E-state index >= 15 is 0 Å². The van der Waals surface area contributed by atoms with Crippen molar-refractivity contribution >= 4 is 0 Å². The van der Waals surface area contributed by atoms with Crippen LogP contribution in [-0.4, -0.2) is 0 Å². The third kappa shape index (κ3) is 18.3. The van der Waals surface area contributed by atoms with Gasteiger partial charge in [0.05, 0.1) is 0 Å². The lowest BCUT2D eigenvalue weighted by Gasteiger charge is -1.82. The number of rotatable bonds is 0. The SMILES string of the molecule is CC.CC(C)C.Cc1ccccc1. The molecule has 0 fully saturated rings. The second-order valence-electron chi connectivity index (χ2n) is 3.39. The average Bonchev–Trinajstić information content (AvgIpc) is 2.08. The maximum absolute atomic E-state index is 2.17. The summed E-state index contributed by atoms with van der Waals surface area (Å²) in [5.41, 5.74) is 1.32. The quantitative estimate of drug-likeness (QED) is 0.543. The molecule has 1 rings (SSSR count). The lowest BCUT2D eigenvalue weighted by molar-refractivity contribution is 0.737. The van der Waals surface area contributed by atoms with Crippen molar-refractivity contribution in [3.63, 3.8) is 0 Å². The fourth-order valence-corrected chi connectivity index (χ4v) is 0.534. The zero-order valence-corrected chi connectivity index (χ0v) is 9.96. The Balaban J connectivity index is 0. The third-order valence-corrected chi connectivity index (χ3v) is 0.940. The molecular weight excluding hydrogens is 156 g/mol. The molecule has 0 amide bonds. The Morgan fingerprint density at radius 1 is 0.846 bits per heavy atom. The molecule has 0 heteroatoms. The Kier molecular flexibility index (Phi) is 12.7. The number of hydrogen-bond acceptors (Lipinski definition) is 0. The van der Waals surface area contributed by atoms with Crippen molar-refractivity contribution < 1.29 is 0 Å². The third-order valence-electron chi connectivity index (χ3n) is 0.940. The molecule has 0 aliphatic heterocycles. The van der Waals surface area contributed by atoms with Crippen molar-refractivity contribution in [1.82, 2.24) is 0 Å². The molecule has 0 nitrogen and oxygen atoms in total. The van der Waals surface area contributed by atoms with E-state index in [0.29, 0.717) is 0 Å². The first-order chi connectivity index (χ1) is 6.13. The zero-order valence-electron chi connectivity index (χ0n) is 9.96. The van der Waals surface area contributed by atoms with E-state index in [1.54, 1.807) is 0 Å². The van der Waals surface area contributed by atoms with E-state index in [4.69, 9.17) is 0 Å². The summed E-state index contributed by atoms with van der Waals surface area (Å²) in [6.07, 6.45) is 0. The normalized spacial score (nSPS) is 7.92. The lowest BCUT2D eigenvalue weighted by atomic mass is 10.2. The van der Waals surface area contributed by atoms with E-state index in [1.165, 1.54) is 5.56 Å². The van der Waals surface area contributed by atoms with Crippen molar-refractivity contribution in [1.29, 1.82) is 0 Å². The van der Waals surface area contributed by atoms with E-state index in [0.717, 1.165) is 5.92 Å². The van der Waals surface area contributed by atoms with Crippen LogP contribution in [0.5, 0.6) is 0 Å². The first-order valence-corrected chi connectivity index (χ1v) is 5.14. The molecule has 0 bridgehead atoms. The maximum atomic E-state index is 2.17. The molecule has 0 aliphatic carbocycles. The Labute approximate surface area is 84.0 Å². The van der Waals surface area contributed by atoms with Gasteiger partial charge in [-0.15, -0.1) is 0 Å². The number of benzene rings is 1. The predicted octanol–water partition coefficient (Wildman–Crippen LogP) is 4.68. The highest BCUT2D eigenvalue weighted by molar-refractivity contribution is 5.11. The van der Waals surface area contributed by atoms with Crippen LogP contribution < -0.4 is 0 Å². The highest BCUT2D eigenvalue weighted by Crippen LogP contribution is 1.92. The highest BCUT2D eigenvalue weighted by Gasteiger charge is 1.72. The van der Waals surface area contributed by atoms with Crippen molar-refractivity contribution in [2.45, 2.75) is 41.5 Å². The standard InChI is InChI=1S/C7H8.C4H10.C2H6/c1-7-5-3-2-4-6-7;1-4(2)3;1-2/h2-6H,1H3;4H,1-3H3;1-2H3. The second kappa shape index (κ2) is 11.2. The summed E-state index contributed by atoms with van der Waals surface area (Å²) in [7, 11) is 0. The molecule has 0 saturated heterocycles.